The van der Waals surface area contributed by atoms with Crippen molar-refractivity contribution in [3.8, 4) is 11.5 Å². The first-order valence-electron chi connectivity index (χ1n) is 10.1. The van der Waals surface area contributed by atoms with Gasteiger partial charge in [-0.15, -0.1) is 0 Å². The maximum Gasteiger partial charge on any atom is 0.330 e. The zero-order chi connectivity index (χ0) is 19.3. The molecule has 0 heterocycles. The molecule has 0 amide bonds. The summed E-state index contributed by atoms with van der Waals surface area (Å²) in [6, 6.07) is 7.43. The molecule has 1 aliphatic carbocycles. The van der Waals surface area contributed by atoms with Gasteiger partial charge in [-0.25, -0.2) is 4.79 Å². The molecule has 5 heteroatoms. The van der Waals surface area contributed by atoms with E-state index in [0.717, 1.165) is 44.3 Å². The van der Waals surface area contributed by atoms with E-state index in [1.807, 2.05) is 24.3 Å². The fourth-order valence-electron chi connectivity index (χ4n) is 3.25. The third kappa shape index (κ3) is 8.48. The summed E-state index contributed by atoms with van der Waals surface area (Å²) in [6.45, 7) is 4.45. The lowest BCUT2D eigenvalue weighted by Crippen LogP contribution is -2.28. The highest BCUT2D eigenvalue weighted by molar-refractivity contribution is 5.81. The molecule has 0 aromatic heterocycles. The van der Waals surface area contributed by atoms with Gasteiger partial charge in [-0.2, -0.15) is 0 Å². The smallest absolute Gasteiger partial charge is 0.330 e. The van der Waals surface area contributed by atoms with Crippen molar-refractivity contribution in [3.63, 3.8) is 0 Å². The van der Waals surface area contributed by atoms with Crippen LogP contribution in [0.5, 0.6) is 11.5 Å². The Bertz CT molecular complexity index is 548. The number of unbranched alkanes of at least 4 members (excludes halogenated alkanes) is 3. The molecule has 0 bridgehead atoms. The van der Waals surface area contributed by atoms with E-state index in [1.54, 1.807) is 0 Å². The molecule has 0 aliphatic heterocycles. The van der Waals surface area contributed by atoms with Crippen LogP contribution < -0.4 is 9.47 Å². The Kier molecular flexibility index (Phi) is 9.77. The lowest BCUT2D eigenvalue weighted by atomic mass is 9.89. The summed E-state index contributed by atoms with van der Waals surface area (Å²) >= 11 is 0. The lowest BCUT2D eigenvalue weighted by Gasteiger charge is -2.26. The number of hydrogen-bond acceptors (Lipinski definition) is 5. The van der Waals surface area contributed by atoms with Gasteiger partial charge in [0, 0.05) is 12.0 Å². The molecule has 1 N–H and O–H groups in total. The van der Waals surface area contributed by atoms with Gasteiger partial charge in [0.25, 0.3) is 0 Å². The van der Waals surface area contributed by atoms with Gasteiger partial charge in [0.2, 0.25) is 0 Å². The van der Waals surface area contributed by atoms with Crippen LogP contribution in [0.4, 0.5) is 0 Å². The molecule has 0 saturated heterocycles. The number of benzene rings is 1. The van der Waals surface area contributed by atoms with Gasteiger partial charge >= 0.3 is 5.97 Å². The minimum Gasteiger partial charge on any atom is -0.494 e. The zero-order valence-electron chi connectivity index (χ0n) is 16.1. The van der Waals surface area contributed by atoms with Crippen LogP contribution in [0, 0.1) is 5.92 Å². The van der Waals surface area contributed by atoms with Crippen LogP contribution >= 0.6 is 0 Å². The molecule has 2 rings (SSSR count). The molecule has 5 nitrogen and oxygen atoms in total. The molecule has 0 radical (unpaired) electrons. The molecule has 1 unspecified atom stereocenters. The molecule has 0 spiro atoms. The number of carbonyl (C=O) groups is 1. The minimum absolute atomic E-state index is 0.245. The Balaban J connectivity index is 1.56. The largest absolute Gasteiger partial charge is 0.494 e. The normalized spacial score (nSPS) is 15.7. The van der Waals surface area contributed by atoms with Crippen LogP contribution in [0.2, 0.25) is 0 Å². The number of carbonyl (C=O) groups excluding carboxylic acids is 1. The molecule has 1 aromatic carbocycles. The van der Waals surface area contributed by atoms with E-state index in [1.165, 1.54) is 25.3 Å². The molecule has 1 atom stereocenters. The topological polar surface area (TPSA) is 65.0 Å². The second-order valence-corrected chi connectivity index (χ2v) is 7.01. The number of aliphatic hydroxyl groups is 1. The van der Waals surface area contributed by atoms with Gasteiger partial charge in [0.05, 0.1) is 13.2 Å². The number of esters is 1. The van der Waals surface area contributed by atoms with E-state index in [-0.39, 0.29) is 11.9 Å². The molecule has 27 heavy (non-hydrogen) atoms. The molecule has 150 valence electrons. The van der Waals surface area contributed by atoms with Crippen molar-refractivity contribution in [2.75, 3.05) is 13.2 Å². The molecule has 1 aliphatic rings. The van der Waals surface area contributed by atoms with E-state index >= 15 is 0 Å². The number of hydrogen-bond donors (Lipinski definition) is 1. The van der Waals surface area contributed by atoms with Gasteiger partial charge in [-0.05, 0) is 62.8 Å². The van der Waals surface area contributed by atoms with Gasteiger partial charge in [-0.1, -0.05) is 25.8 Å². The van der Waals surface area contributed by atoms with Gasteiger partial charge < -0.3 is 19.3 Å². The molecule has 1 aromatic rings. The van der Waals surface area contributed by atoms with Crippen LogP contribution in [-0.2, 0) is 9.53 Å². The van der Waals surface area contributed by atoms with Gasteiger partial charge in [-0.3, -0.25) is 0 Å². The van der Waals surface area contributed by atoms with Crippen molar-refractivity contribution in [1.82, 2.24) is 0 Å². The first kappa shape index (κ1) is 21.3. The minimum atomic E-state index is -0.720. The molecule has 1 saturated carbocycles. The average Bonchev–Trinajstić information content (AvgIpc) is 2.71. The summed E-state index contributed by atoms with van der Waals surface area (Å²) in [5.41, 5.74) is 0. The van der Waals surface area contributed by atoms with Crippen molar-refractivity contribution in [2.45, 2.75) is 64.1 Å². The first-order chi connectivity index (χ1) is 13.2. The Morgan fingerprint density at radius 1 is 1.04 bits per heavy atom. The molecule has 1 fully saturated rings. The fourth-order valence-corrected chi connectivity index (χ4v) is 3.25. The highest BCUT2D eigenvalue weighted by atomic mass is 16.6. The second-order valence-electron chi connectivity index (χ2n) is 7.01. The average molecular weight is 376 g/mol. The maximum absolute atomic E-state index is 10.9. The standard InChI is InChI=1S/C22H32O5/c1-2-21(23)26-17-9-4-3-8-16-25-19-12-14-20(15-13-19)27-22(24)18-10-6-5-7-11-18/h2,12-15,18,22,24H,1,3-11,16-17H2. The van der Waals surface area contributed by atoms with E-state index < -0.39 is 6.29 Å². The molecular formula is C22H32O5. The highest BCUT2D eigenvalue weighted by Crippen LogP contribution is 2.28. The van der Waals surface area contributed by atoms with Crippen molar-refractivity contribution in [2.24, 2.45) is 5.92 Å². The van der Waals surface area contributed by atoms with E-state index in [0.29, 0.717) is 19.0 Å². The van der Waals surface area contributed by atoms with Crippen LogP contribution in [0.3, 0.4) is 0 Å². The summed E-state index contributed by atoms with van der Waals surface area (Å²) in [4.78, 5) is 10.9. The summed E-state index contributed by atoms with van der Waals surface area (Å²) in [6.07, 6.45) is 10.00. The Morgan fingerprint density at radius 2 is 1.67 bits per heavy atom. The number of rotatable bonds is 12. The molecular weight excluding hydrogens is 344 g/mol. The van der Waals surface area contributed by atoms with E-state index in [2.05, 4.69) is 6.58 Å². The van der Waals surface area contributed by atoms with Crippen molar-refractivity contribution in [3.05, 3.63) is 36.9 Å². The Labute approximate surface area is 162 Å². The van der Waals surface area contributed by atoms with Crippen molar-refractivity contribution in [1.29, 1.82) is 0 Å². The number of aliphatic hydroxyl groups excluding tert-OH is 1. The SMILES string of the molecule is C=CC(=O)OCCCCCCOc1ccc(OC(O)C2CCCCC2)cc1. The van der Waals surface area contributed by atoms with Crippen LogP contribution in [0.1, 0.15) is 57.8 Å². The predicted octanol–water partition coefficient (Wildman–Crippen LogP) is 4.63. The van der Waals surface area contributed by atoms with Crippen LogP contribution in [0.25, 0.3) is 0 Å². The van der Waals surface area contributed by atoms with Gasteiger partial charge in [0.1, 0.15) is 11.5 Å². The Hall–Kier alpha value is -2.01. The van der Waals surface area contributed by atoms with E-state index in [4.69, 9.17) is 14.2 Å². The van der Waals surface area contributed by atoms with Crippen molar-refractivity contribution >= 4 is 5.97 Å². The van der Waals surface area contributed by atoms with Crippen LogP contribution in [0.15, 0.2) is 36.9 Å². The van der Waals surface area contributed by atoms with Gasteiger partial charge in [0.15, 0.2) is 6.29 Å². The number of ether oxygens (including phenoxy) is 3. The lowest BCUT2D eigenvalue weighted by molar-refractivity contribution is -0.137. The zero-order valence-corrected chi connectivity index (χ0v) is 16.1. The maximum atomic E-state index is 10.9. The van der Waals surface area contributed by atoms with Crippen LogP contribution in [-0.4, -0.2) is 30.6 Å². The fraction of sp³-hybridized carbons (Fsp3) is 0.591. The summed E-state index contributed by atoms with van der Waals surface area (Å²) in [5.74, 6) is 1.36. The quantitative estimate of drug-likeness (QED) is 0.249. The van der Waals surface area contributed by atoms with E-state index in [9.17, 15) is 9.90 Å². The second kappa shape index (κ2) is 12.4. The highest BCUT2D eigenvalue weighted by Gasteiger charge is 2.23. The van der Waals surface area contributed by atoms with Crippen molar-refractivity contribution < 1.29 is 24.1 Å². The third-order valence-electron chi connectivity index (χ3n) is 4.85. The summed E-state index contributed by atoms with van der Waals surface area (Å²) < 4.78 is 16.3. The third-order valence-corrected chi connectivity index (χ3v) is 4.85. The Morgan fingerprint density at radius 3 is 2.33 bits per heavy atom. The summed E-state index contributed by atoms with van der Waals surface area (Å²) in [5, 5.41) is 10.2. The predicted molar refractivity (Wildman–Crippen MR) is 105 cm³/mol. The monoisotopic (exact) mass is 376 g/mol. The first-order valence-corrected chi connectivity index (χ1v) is 10.1. The summed E-state index contributed by atoms with van der Waals surface area (Å²) in [7, 11) is 0.